The molecule has 0 radical (unpaired) electrons. The highest BCUT2D eigenvalue weighted by Crippen LogP contribution is 2.10. The molecule has 3 heteroatoms. The Bertz CT molecular complexity index is 328. The molecular formula is C11H11ClO2. The lowest BCUT2D eigenvalue weighted by Crippen LogP contribution is -1.87. The standard InChI is InChI=1S/C11H11ClO2/c12-10-7-5-9(6-8-10)3-1-2-4-11(13)14/h2,4-8H,1,3H2,(H,13,14)/b4-2+. The summed E-state index contributed by atoms with van der Waals surface area (Å²) in [5, 5.41) is 9.06. The first-order valence-electron chi connectivity index (χ1n) is 4.32. The molecule has 1 N–H and O–H groups in total. The number of carboxylic acids is 1. The minimum atomic E-state index is -0.902. The molecule has 0 atom stereocenters. The SMILES string of the molecule is O=C(O)/C=C/CCc1ccc(Cl)cc1. The number of allylic oxidation sites excluding steroid dienone is 1. The number of hydrogen-bond donors (Lipinski definition) is 1. The molecule has 0 saturated carbocycles. The summed E-state index contributed by atoms with van der Waals surface area (Å²) in [5.41, 5.74) is 1.16. The summed E-state index contributed by atoms with van der Waals surface area (Å²) in [7, 11) is 0. The molecule has 0 saturated heterocycles. The molecule has 0 aromatic heterocycles. The molecule has 0 aliphatic rings. The number of hydrogen-bond acceptors (Lipinski definition) is 1. The Hall–Kier alpha value is -1.28. The summed E-state index contributed by atoms with van der Waals surface area (Å²) in [6.07, 6.45) is 4.38. The average Bonchev–Trinajstić information content (AvgIpc) is 2.15. The van der Waals surface area contributed by atoms with Crippen LogP contribution in [-0.4, -0.2) is 11.1 Å². The number of carbonyl (C=O) groups is 1. The van der Waals surface area contributed by atoms with Gasteiger partial charge in [-0.25, -0.2) is 4.79 Å². The van der Waals surface area contributed by atoms with Crippen LogP contribution in [0.2, 0.25) is 5.02 Å². The van der Waals surface area contributed by atoms with E-state index in [1.54, 1.807) is 6.08 Å². The quantitative estimate of drug-likeness (QED) is 0.776. The largest absolute Gasteiger partial charge is 0.478 e. The second-order valence-electron chi connectivity index (χ2n) is 2.91. The summed E-state index contributed by atoms with van der Waals surface area (Å²) in [4.78, 5) is 10.2. The molecule has 1 rings (SSSR count). The van der Waals surface area contributed by atoms with E-state index in [2.05, 4.69) is 0 Å². The van der Waals surface area contributed by atoms with E-state index >= 15 is 0 Å². The number of aryl methyl sites for hydroxylation is 1. The van der Waals surface area contributed by atoms with Gasteiger partial charge < -0.3 is 5.11 Å². The highest BCUT2D eigenvalue weighted by atomic mass is 35.5. The number of halogens is 1. The van der Waals surface area contributed by atoms with Crippen LogP contribution >= 0.6 is 11.6 Å². The summed E-state index contributed by atoms with van der Waals surface area (Å²) in [5.74, 6) is -0.902. The van der Waals surface area contributed by atoms with Crippen LogP contribution in [-0.2, 0) is 11.2 Å². The predicted molar refractivity (Wildman–Crippen MR) is 56.5 cm³/mol. The van der Waals surface area contributed by atoms with Gasteiger partial charge in [0.25, 0.3) is 0 Å². The molecular weight excluding hydrogens is 200 g/mol. The highest BCUT2D eigenvalue weighted by Gasteiger charge is 1.92. The molecule has 1 aromatic rings. The van der Waals surface area contributed by atoms with Crippen molar-refractivity contribution in [1.82, 2.24) is 0 Å². The molecule has 74 valence electrons. The van der Waals surface area contributed by atoms with Gasteiger partial charge in [-0.2, -0.15) is 0 Å². The second-order valence-corrected chi connectivity index (χ2v) is 3.34. The van der Waals surface area contributed by atoms with Gasteiger partial charge in [-0.1, -0.05) is 29.8 Å². The van der Waals surface area contributed by atoms with Crippen LogP contribution in [0.1, 0.15) is 12.0 Å². The fourth-order valence-corrected chi connectivity index (χ4v) is 1.21. The molecule has 0 heterocycles. The predicted octanol–water partition coefficient (Wildman–Crippen LogP) is 2.91. The van der Waals surface area contributed by atoms with E-state index in [0.717, 1.165) is 29.5 Å². The fraction of sp³-hybridized carbons (Fsp3) is 0.182. The first kappa shape index (κ1) is 10.8. The van der Waals surface area contributed by atoms with E-state index < -0.39 is 5.97 Å². The Morgan fingerprint density at radius 3 is 2.57 bits per heavy atom. The topological polar surface area (TPSA) is 37.3 Å². The van der Waals surface area contributed by atoms with Crippen molar-refractivity contribution in [2.45, 2.75) is 12.8 Å². The maximum Gasteiger partial charge on any atom is 0.327 e. The Kier molecular flexibility index (Phi) is 4.20. The van der Waals surface area contributed by atoms with Crippen LogP contribution in [0.4, 0.5) is 0 Å². The smallest absolute Gasteiger partial charge is 0.327 e. The maximum atomic E-state index is 10.2. The average molecular weight is 211 g/mol. The third-order valence-electron chi connectivity index (χ3n) is 1.77. The van der Waals surface area contributed by atoms with Crippen molar-refractivity contribution in [2.24, 2.45) is 0 Å². The molecule has 14 heavy (non-hydrogen) atoms. The molecule has 0 aliphatic carbocycles. The van der Waals surface area contributed by atoms with Gasteiger partial charge in [0, 0.05) is 11.1 Å². The van der Waals surface area contributed by atoms with Gasteiger partial charge in [0.15, 0.2) is 0 Å². The van der Waals surface area contributed by atoms with E-state index in [-0.39, 0.29) is 0 Å². The Morgan fingerprint density at radius 2 is 2.00 bits per heavy atom. The monoisotopic (exact) mass is 210 g/mol. The summed E-state index contributed by atoms with van der Waals surface area (Å²) in [6, 6.07) is 7.55. The van der Waals surface area contributed by atoms with Crippen LogP contribution in [0.3, 0.4) is 0 Å². The van der Waals surface area contributed by atoms with Gasteiger partial charge in [0.05, 0.1) is 0 Å². The van der Waals surface area contributed by atoms with Crippen LogP contribution in [0.25, 0.3) is 0 Å². The highest BCUT2D eigenvalue weighted by molar-refractivity contribution is 6.30. The Morgan fingerprint density at radius 1 is 1.36 bits per heavy atom. The first-order valence-corrected chi connectivity index (χ1v) is 4.70. The third-order valence-corrected chi connectivity index (χ3v) is 2.03. The van der Waals surface area contributed by atoms with Crippen molar-refractivity contribution in [2.75, 3.05) is 0 Å². The van der Waals surface area contributed by atoms with Crippen molar-refractivity contribution in [3.63, 3.8) is 0 Å². The van der Waals surface area contributed by atoms with Gasteiger partial charge in [0.1, 0.15) is 0 Å². The van der Waals surface area contributed by atoms with Gasteiger partial charge in [-0.15, -0.1) is 0 Å². The number of rotatable bonds is 4. The number of benzene rings is 1. The number of carboxylic acid groups (broad SMARTS) is 1. The molecule has 0 fully saturated rings. The molecule has 0 unspecified atom stereocenters. The summed E-state index contributed by atoms with van der Waals surface area (Å²) < 4.78 is 0. The van der Waals surface area contributed by atoms with Crippen molar-refractivity contribution in [3.8, 4) is 0 Å². The summed E-state index contributed by atoms with van der Waals surface area (Å²) in [6.45, 7) is 0. The minimum absolute atomic E-state index is 0.717. The minimum Gasteiger partial charge on any atom is -0.478 e. The normalized spacial score (nSPS) is 10.6. The van der Waals surface area contributed by atoms with E-state index in [1.807, 2.05) is 24.3 Å². The molecule has 0 aliphatic heterocycles. The van der Waals surface area contributed by atoms with Crippen molar-refractivity contribution >= 4 is 17.6 Å². The first-order chi connectivity index (χ1) is 6.68. The van der Waals surface area contributed by atoms with E-state index in [0.29, 0.717) is 0 Å². The van der Waals surface area contributed by atoms with E-state index in [9.17, 15) is 4.79 Å². The van der Waals surface area contributed by atoms with Crippen molar-refractivity contribution in [1.29, 1.82) is 0 Å². The zero-order chi connectivity index (χ0) is 10.4. The van der Waals surface area contributed by atoms with E-state index in [4.69, 9.17) is 16.7 Å². The van der Waals surface area contributed by atoms with Crippen LogP contribution in [0.5, 0.6) is 0 Å². The van der Waals surface area contributed by atoms with E-state index in [1.165, 1.54) is 0 Å². The van der Waals surface area contributed by atoms with Gasteiger partial charge in [0.2, 0.25) is 0 Å². The van der Waals surface area contributed by atoms with Gasteiger partial charge >= 0.3 is 5.97 Å². The second kappa shape index (κ2) is 5.45. The molecule has 2 nitrogen and oxygen atoms in total. The zero-order valence-corrected chi connectivity index (χ0v) is 8.37. The fourth-order valence-electron chi connectivity index (χ4n) is 1.09. The van der Waals surface area contributed by atoms with Crippen LogP contribution in [0.15, 0.2) is 36.4 Å². The van der Waals surface area contributed by atoms with Gasteiger partial charge in [-0.3, -0.25) is 0 Å². The van der Waals surface area contributed by atoms with Crippen LogP contribution in [0, 0.1) is 0 Å². The molecule has 0 amide bonds. The lowest BCUT2D eigenvalue weighted by atomic mass is 10.1. The van der Waals surface area contributed by atoms with Crippen molar-refractivity contribution in [3.05, 3.63) is 47.0 Å². The van der Waals surface area contributed by atoms with Gasteiger partial charge in [-0.05, 0) is 30.5 Å². The lowest BCUT2D eigenvalue weighted by Gasteiger charge is -1.97. The third kappa shape index (κ3) is 4.10. The summed E-state index contributed by atoms with van der Waals surface area (Å²) >= 11 is 5.72. The molecule has 0 bridgehead atoms. The van der Waals surface area contributed by atoms with Crippen molar-refractivity contribution < 1.29 is 9.90 Å². The molecule has 1 aromatic carbocycles. The van der Waals surface area contributed by atoms with Crippen LogP contribution < -0.4 is 0 Å². The molecule has 0 spiro atoms. The zero-order valence-electron chi connectivity index (χ0n) is 7.61. The Balaban J connectivity index is 2.39. The maximum absolute atomic E-state index is 10.2. The lowest BCUT2D eigenvalue weighted by molar-refractivity contribution is -0.131. The number of aliphatic carboxylic acids is 1. The Labute approximate surface area is 87.8 Å².